The van der Waals surface area contributed by atoms with E-state index < -0.39 is 0 Å². The number of fused-ring (bicyclic) bond motifs is 1. The van der Waals surface area contributed by atoms with Crippen LogP contribution in [0, 0.1) is 0 Å². The number of hydrogen-bond donors (Lipinski definition) is 0. The molecule has 0 aliphatic heterocycles. The van der Waals surface area contributed by atoms with Crippen LogP contribution in [-0.2, 0) is 6.42 Å². The molecule has 0 radical (unpaired) electrons. The molecule has 0 fully saturated rings. The molecule has 0 saturated carbocycles. The van der Waals surface area contributed by atoms with Gasteiger partial charge in [-0.25, -0.2) is 9.97 Å². The van der Waals surface area contributed by atoms with Crippen molar-refractivity contribution in [2.24, 2.45) is 0 Å². The summed E-state index contributed by atoms with van der Waals surface area (Å²) in [5.41, 5.74) is 0. The maximum Gasteiger partial charge on any atom is 0.140 e. The van der Waals surface area contributed by atoms with Gasteiger partial charge in [0.1, 0.15) is 17.0 Å². The van der Waals surface area contributed by atoms with Crippen molar-refractivity contribution in [1.29, 1.82) is 0 Å². The maximum atomic E-state index is 4.43. The van der Waals surface area contributed by atoms with Crippen LogP contribution in [0.3, 0.4) is 0 Å². The summed E-state index contributed by atoms with van der Waals surface area (Å²) in [5.74, 6) is 1.07. The zero-order valence-electron chi connectivity index (χ0n) is 10.7. The first-order valence-corrected chi connectivity index (χ1v) is 7.02. The van der Waals surface area contributed by atoms with E-state index in [-0.39, 0.29) is 0 Å². The molecule has 0 saturated heterocycles. The molecule has 2 aromatic heterocycles. The lowest BCUT2D eigenvalue weighted by Crippen LogP contribution is -2.19. The summed E-state index contributed by atoms with van der Waals surface area (Å²) in [6, 6.07) is 2.23. The molecule has 0 atom stereocenters. The summed E-state index contributed by atoms with van der Waals surface area (Å²) in [6.45, 7) is 5.45. The zero-order chi connectivity index (χ0) is 12.3. The SMILES string of the molecule is CCCCN(C)c1ncnc2sc(CC)cc12. The molecular weight excluding hydrogens is 230 g/mol. The molecule has 0 aliphatic rings. The Morgan fingerprint density at radius 2 is 2.12 bits per heavy atom. The normalized spacial score (nSPS) is 11.0. The molecule has 2 rings (SSSR count). The molecule has 92 valence electrons. The number of thiophene rings is 1. The highest BCUT2D eigenvalue weighted by molar-refractivity contribution is 7.18. The summed E-state index contributed by atoms with van der Waals surface area (Å²) < 4.78 is 0. The monoisotopic (exact) mass is 249 g/mol. The topological polar surface area (TPSA) is 29.0 Å². The molecule has 0 amide bonds. The average Bonchev–Trinajstić information content (AvgIpc) is 2.78. The Hall–Kier alpha value is -1.16. The lowest BCUT2D eigenvalue weighted by Gasteiger charge is -2.17. The van der Waals surface area contributed by atoms with Crippen molar-refractivity contribution in [2.45, 2.75) is 33.1 Å². The first-order chi connectivity index (χ1) is 8.26. The highest BCUT2D eigenvalue weighted by Gasteiger charge is 2.10. The Balaban J connectivity index is 2.35. The third-order valence-electron chi connectivity index (χ3n) is 2.92. The van der Waals surface area contributed by atoms with Crippen molar-refractivity contribution in [3.63, 3.8) is 0 Å². The highest BCUT2D eigenvalue weighted by atomic mass is 32.1. The second-order valence-electron chi connectivity index (χ2n) is 4.26. The standard InChI is InChI=1S/C13H19N3S/c1-4-6-7-16(3)12-11-8-10(5-2)17-13(11)15-9-14-12/h8-9H,4-7H2,1-3H3. The van der Waals surface area contributed by atoms with Gasteiger partial charge in [0.2, 0.25) is 0 Å². The number of anilines is 1. The van der Waals surface area contributed by atoms with Crippen LogP contribution in [-0.4, -0.2) is 23.6 Å². The van der Waals surface area contributed by atoms with Gasteiger partial charge in [-0.3, -0.25) is 0 Å². The molecule has 17 heavy (non-hydrogen) atoms. The van der Waals surface area contributed by atoms with E-state index in [9.17, 15) is 0 Å². The van der Waals surface area contributed by atoms with E-state index in [2.05, 4.69) is 41.8 Å². The molecule has 4 heteroatoms. The molecule has 0 aliphatic carbocycles. The molecule has 0 aromatic carbocycles. The third kappa shape index (κ3) is 2.57. The number of unbranched alkanes of at least 4 members (excludes halogenated alkanes) is 1. The molecule has 0 unspecified atom stereocenters. The van der Waals surface area contributed by atoms with E-state index >= 15 is 0 Å². The van der Waals surface area contributed by atoms with Gasteiger partial charge in [-0.1, -0.05) is 20.3 Å². The van der Waals surface area contributed by atoms with Crippen molar-refractivity contribution >= 4 is 27.4 Å². The third-order valence-corrected chi connectivity index (χ3v) is 4.10. The zero-order valence-corrected chi connectivity index (χ0v) is 11.5. The van der Waals surface area contributed by atoms with Crippen LogP contribution in [0.2, 0.25) is 0 Å². The fourth-order valence-electron chi connectivity index (χ4n) is 1.87. The minimum Gasteiger partial charge on any atom is -0.359 e. The van der Waals surface area contributed by atoms with E-state index in [0.717, 1.165) is 23.6 Å². The predicted molar refractivity (Wildman–Crippen MR) is 75.0 cm³/mol. The lowest BCUT2D eigenvalue weighted by molar-refractivity contribution is 0.761. The second-order valence-corrected chi connectivity index (χ2v) is 5.37. The van der Waals surface area contributed by atoms with Crippen molar-refractivity contribution in [1.82, 2.24) is 9.97 Å². The van der Waals surface area contributed by atoms with Gasteiger partial charge < -0.3 is 4.90 Å². The number of nitrogens with zero attached hydrogens (tertiary/aromatic N) is 3. The largest absolute Gasteiger partial charge is 0.359 e. The van der Waals surface area contributed by atoms with Crippen LogP contribution in [0.25, 0.3) is 10.2 Å². The van der Waals surface area contributed by atoms with Gasteiger partial charge >= 0.3 is 0 Å². The van der Waals surface area contributed by atoms with Crippen LogP contribution in [0.15, 0.2) is 12.4 Å². The number of aryl methyl sites for hydroxylation is 1. The first kappa shape index (κ1) is 12.3. The molecule has 2 heterocycles. The first-order valence-electron chi connectivity index (χ1n) is 6.20. The average molecular weight is 249 g/mol. The fourth-order valence-corrected chi connectivity index (χ4v) is 2.80. The van der Waals surface area contributed by atoms with Gasteiger partial charge in [0.25, 0.3) is 0 Å². The Bertz CT molecular complexity index is 492. The van der Waals surface area contributed by atoms with E-state index in [1.165, 1.54) is 23.1 Å². The fraction of sp³-hybridized carbons (Fsp3) is 0.538. The van der Waals surface area contributed by atoms with E-state index in [4.69, 9.17) is 0 Å². The van der Waals surface area contributed by atoms with E-state index in [1.54, 1.807) is 17.7 Å². The Morgan fingerprint density at radius 3 is 2.82 bits per heavy atom. The summed E-state index contributed by atoms with van der Waals surface area (Å²) in [4.78, 5) is 13.5. The summed E-state index contributed by atoms with van der Waals surface area (Å²) in [6.07, 6.45) is 5.16. The number of rotatable bonds is 5. The van der Waals surface area contributed by atoms with Crippen LogP contribution < -0.4 is 4.90 Å². The van der Waals surface area contributed by atoms with Crippen molar-refractivity contribution in [3.8, 4) is 0 Å². The van der Waals surface area contributed by atoms with Crippen molar-refractivity contribution < 1.29 is 0 Å². The quantitative estimate of drug-likeness (QED) is 0.812. The highest BCUT2D eigenvalue weighted by Crippen LogP contribution is 2.29. The van der Waals surface area contributed by atoms with Gasteiger partial charge in [-0.15, -0.1) is 11.3 Å². The molecular formula is C13H19N3S. The summed E-state index contributed by atoms with van der Waals surface area (Å²) in [7, 11) is 2.11. The van der Waals surface area contributed by atoms with Gasteiger partial charge in [-0.2, -0.15) is 0 Å². The van der Waals surface area contributed by atoms with Gasteiger partial charge in [-0.05, 0) is 18.9 Å². The predicted octanol–water partition coefficient (Wildman–Crippen LogP) is 3.49. The van der Waals surface area contributed by atoms with Crippen LogP contribution >= 0.6 is 11.3 Å². The molecule has 0 N–H and O–H groups in total. The van der Waals surface area contributed by atoms with Crippen molar-refractivity contribution in [2.75, 3.05) is 18.5 Å². The minimum absolute atomic E-state index is 1.06. The maximum absolute atomic E-state index is 4.43. The molecule has 2 aromatic rings. The van der Waals surface area contributed by atoms with Gasteiger partial charge in [0, 0.05) is 18.5 Å². The number of hydrogen-bond acceptors (Lipinski definition) is 4. The second kappa shape index (κ2) is 5.45. The minimum atomic E-state index is 1.06. The number of aromatic nitrogens is 2. The van der Waals surface area contributed by atoms with Crippen LogP contribution in [0.1, 0.15) is 31.6 Å². The Labute approximate surface area is 107 Å². The van der Waals surface area contributed by atoms with Crippen LogP contribution in [0.5, 0.6) is 0 Å². The van der Waals surface area contributed by atoms with Crippen molar-refractivity contribution in [3.05, 3.63) is 17.3 Å². The summed E-state index contributed by atoms with van der Waals surface area (Å²) in [5, 5.41) is 1.20. The summed E-state index contributed by atoms with van der Waals surface area (Å²) >= 11 is 1.77. The van der Waals surface area contributed by atoms with Gasteiger partial charge in [0.05, 0.1) is 5.39 Å². The van der Waals surface area contributed by atoms with E-state index in [0.29, 0.717) is 0 Å². The van der Waals surface area contributed by atoms with E-state index in [1.807, 2.05) is 0 Å². The molecule has 3 nitrogen and oxygen atoms in total. The smallest absolute Gasteiger partial charge is 0.140 e. The van der Waals surface area contributed by atoms with Gasteiger partial charge in [0.15, 0.2) is 0 Å². The lowest BCUT2D eigenvalue weighted by atomic mass is 10.2. The Kier molecular flexibility index (Phi) is 3.94. The van der Waals surface area contributed by atoms with Crippen LogP contribution in [0.4, 0.5) is 5.82 Å². The Morgan fingerprint density at radius 1 is 1.29 bits per heavy atom. The molecule has 0 spiro atoms. The molecule has 0 bridgehead atoms.